The van der Waals surface area contributed by atoms with Crippen molar-refractivity contribution in [3.8, 4) is 0 Å². The molecular weight excluding hydrogens is 262 g/mol. The second-order valence-electron chi connectivity index (χ2n) is 4.53. The van der Waals surface area contributed by atoms with Crippen molar-refractivity contribution in [1.29, 1.82) is 0 Å². The highest BCUT2D eigenvalue weighted by Gasteiger charge is 2.25. The monoisotopic (exact) mass is 275 g/mol. The minimum Gasteiger partial charge on any atom is -0.467 e. The number of furan rings is 1. The molecule has 2 heterocycles. The number of halogens is 1. The van der Waals surface area contributed by atoms with Gasteiger partial charge in [-0.15, -0.1) is 0 Å². The van der Waals surface area contributed by atoms with Gasteiger partial charge in [-0.1, -0.05) is 23.7 Å². The largest absolute Gasteiger partial charge is 0.467 e. The van der Waals surface area contributed by atoms with E-state index in [-0.39, 0.29) is 12.1 Å². The van der Waals surface area contributed by atoms with Crippen molar-refractivity contribution in [1.82, 2.24) is 5.32 Å². The third kappa shape index (κ3) is 2.58. The first-order valence-corrected chi connectivity index (χ1v) is 6.49. The smallest absolute Gasteiger partial charge is 0.189 e. The van der Waals surface area contributed by atoms with Crippen LogP contribution in [0, 0.1) is 0 Å². The molecule has 0 radical (unpaired) electrons. The number of guanidine groups is 1. The Morgan fingerprint density at radius 3 is 2.74 bits per heavy atom. The highest BCUT2D eigenvalue weighted by atomic mass is 35.5. The lowest BCUT2D eigenvalue weighted by molar-refractivity contribution is 0.395. The van der Waals surface area contributed by atoms with Crippen LogP contribution >= 0.6 is 11.6 Å². The zero-order valence-electron chi connectivity index (χ0n) is 10.2. The quantitative estimate of drug-likeness (QED) is 0.885. The van der Waals surface area contributed by atoms with Crippen LogP contribution < -0.4 is 11.1 Å². The minimum absolute atomic E-state index is 0.0219. The van der Waals surface area contributed by atoms with E-state index in [0.29, 0.717) is 5.96 Å². The van der Waals surface area contributed by atoms with Crippen LogP contribution in [0.5, 0.6) is 0 Å². The Hall–Kier alpha value is -1.94. The van der Waals surface area contributed by atoms with Crippen LogP contribution in [0.15, 0.2) is 52.1 Å². The molecule has 98 valence electrons. The van der Waals surface area contributed by atoms with Gasteiger partial charge in [0.25, 0.3) is 0 Å². The lowest BCUT2D eigenvalue weighted by atomic mass is 9.97. The van der Waals surface area contributed by atoms with E-state index in [9.17, 15) is 0 Å². The maximum absolute atomic E-state index is 5.90. The van der Waals surface area contributed by atoms with Gasteiger partial charge in [0.1, 0.15) is 5.76 Å². The molecule has 0 amide bonds. The molecule has 1 aliphatic heterocycles. The fraction of sp³-hybridized carbons (Fsp3) is 0.214. The Balaban J connectivity index is 1.86. The molecule has 1 aliphatic rings. The standard InChI is InChI=1S/C14H14ClN3O/c15-10-5-3-9(4-6-10)11-8-12(18-14(16)17-11)13-2-1-7-19-13/h1-7,11-12H,8H2,(H3,16,17,18). The number of nitrogens with two attached hydrogens (primary N) is 1. The average Bonchev–Trinajstić information content (AvgIpc) is 2.93. The molecule has 0 fully saturated rings. The average molecular weight is 276 g/mol. The molecule has 5 heteroatoms. The fourth-order valence-corrected chi connectivity index (χ4v) is 2.42. The molecule has 2 aromatic rings. The van der Waals surface area contributed by atoms with E-state index in [1.165, 1.54) is 0 Å². The van der Waals surface area contributed by atoms with Crippen molar-refractivity contribution in [3.05, 3.63) is 59.0 Å². The summed E-state index contributed by atoms with van der Waals surface area (Å²) in [5, 5.41) is 3.86. The minimum atomic E-state index is 0.0219. The molecule has 1 aromatic carbocycles. The van der Waals surface area contributed by atoms with Gasteiger partial charge in [-0.2, -0.15) is 0 Å². The predicted octanol–water partition coefficient (Wildman–Crippen LogP) is 3.02. The number of aliphatic imine (C=N–C) groups is 1. The van der Waals surface area contributed by atoms with Gasteiger partial charge in [0.05, 0.1) is 18.3 Å². The van der Waals surface area contributed by atoms with Gasteiger partial charge >= 0.3 is 0 Å². The number of benzene rings is 1. The molecule has 4 nitrogen and oxygen atoms in total. The first-order valence-electron chi connectivity index (χ1n) is 6.11. The molecule has 2 unspecified atom stereocenters. The highest BCUT2D eigenvalue weighted by Crippen LogP contribution is 2.32. The van der Waals surface area contributed by atoms with Gasteiger partial charge in [-0.3, -0.25) is 0 Å². The molecule has 0 bridgehead atoms. The fourth-order valence-electron chi connectivity index (χ4n) is 2.29. The van der Waals surface area contributed by atoms with Gasteiger partial charge in [0, 0.05) is 11.4 Å². The normalized spacial score (nSPS) is 22.7. The Labute approximate surface area is 116 Å². The van der Waals surface area contributed by atoms with Crippen LogP contribution in [0.3, 0.4) is 0 Å². The lowest BCUT2D eigenvalue weighted by Gasteiger charge is -2.27. The van der Waals surface area contributed by atoms with E-state index in [0.717, 1.165) is 22.8 Å². The summed E-state index contributed by atoms with van der Waals surface area (Å²) in [5.41, 5.74) is 6.96. The van der Waals surface area contributed by atoms with Crippen LogP contribution in [0.2, 0.25) is 5.02 Å². The second-order valence-corrected chi connectivity index (χ2v) is 4.97. The number of hydrogen-bond donors (Lipinski definition) is 2. The van der Waals surface area contributed by atoms with Gasteiger partial charge in [-0.05, 0) is 29.8 Å². The summed E-state index contributed by atoms with van der Waals surface area (Å²) in [6, 6.07) is 11.6. The summed E-state index contributed by atoms with van der Waals surface area (Å²) in [6.45, 7) is 0. The summed E-state index contributed by atoms with van der Waals surface area (Å²) >= 11 is 5.90. The molecule has 0 saturated carbocycles. The lowest BCUT2D eigenvalue weighted by Crippen LogP contribution is -2.39. The first-order chi connectivity index (χ1) is 9.22. The summed E-state index contributed by atoms with van der Waals surface area (Å²) in [5.74, 6) is 1.31. The molecule has 0 aliphatic carbocycles. The summed E-state index contributed by atoms with van der Waals surface area (Å²) < 4.78 is 5.43. The van der Waals surface area contributed by atoms with Crippen molar-refractivity contribution in [2.24, 2.45) is 10.7 Å². The van der Waals surface area contributed by atoms with Crippen molar-refractivity contribution in [3.63, 3.8) is 0 Å². The maximum Gasteiger partial charge on any atom is 0.189 e. The van der Waals surface area contributed by atoms with E-state index < -0.39 is 0 Å². The third-order valence-corrected chi connectivity index (χ3v) is 3.47. The number of rotatable bonds is 2. The molecular formula is C14H14ClN3O. The van der Waals surface area contributed by atoms with Crippen LogP contribution in [-0.4, -0.2) is 5.96 Å². The van der Waals surface area contributed by atoms with Crippen molar-refractivity contribution in [2.45, 2.75) is 18.5 Å². The van der Waals surface area contributed by atoms with E-state index in [2.05, 4.69) is 10.3 Å². The molecule has 3 rings (SSSR count). The van der Waals surface area contributed by atoms with Crippen LogP contribution in [0.25, 0.3) is 0 Å². The van der Waals surface area contributed by atoms with Gasteiger partial charge in [-0.25, -0.2) is 4.99 Å². The summed E-state index contributed by atoms with van der Waals surface area (Å²) in [7, 11) is 0. The highest BCUT2D eigenvalue weighted by molar-refractivity contribution is 6.30. The first kappa shape index (κ1) is 12.1. The Bertz CT molecular complexity index is 577. The van der Waals surface area contributed by atoms with E-state index in [4.69, 9.17) is 21.8 Å². The molecule has 0 spiro atoms. The molecule has 2 atom stereocenters. The van der Waals surface area contributed by atoms with E-state index in [1.54, 1.807) is 6.26 Å². The van der Waals surface area contributed by atoms with Crippen LogP contribution in [-0.2, 0) is 0 Å². The summed E-state index contributed by atoms with van der Waals surface area (Å²) in [4.78, 5) is 4.44. The zero-order valence-corrected chi connectivity index (χ0v) is 11.0. The number of nitrogens with one attached hydrogen (secondary N) is 1. The van der Waals surface area contributed by atoms with Crippen molar-refractivity contribution < 1.29 is 4.42 Å². The Morgan fingerprint density at radius 2 is 2.05 bits per heavy atom. The third-order valence-electron chi connectivity index (χ3n) is 3.22. The molecule has 19 heavy (non-hydrogen) atoms. The number of nitrogens with zero attached hydrogens (tertiary/aromatic N) is 1. The number of hydrogen-bond acceptors (Lipinski definition) is 4. The van der Waals surface area contributed by atoms with Crippen molar-refractivity contribution in [2.75, 3.05) is 0 Å². The molecule has 1 aromatic heterocycles. The van der Waals surface area contributed by atoms with Gasteiger partial charge in [0.15, 0.2) is 5.96 Å². The topological polar surface area (TPSA) is 63.5 Å². The Kier molecular flexibility index (Phi) is 3.17. The predicted molar refractivity (Wildman–Crippen MR) is 75.0 cm³/mol. The van der Waals surface area contributed by atoms with Crippen LogP contribution in [0.4, 0.5) is 0 Å². The molecule has 3 N–H and O–H groups in total. The zero-order chi connectivity index (χ0) is 13.2. The van der Waals surface area contributed by atoms with Gasteiger partial charge in [0.2, 0.25) is 0 Å². The van der Waals surface area contributed by atoms with E-state index >= 15 is 0 Å². The molecule has 0 saturated heterocycles. The van der Waals surface area contributed by atoms with Crippen molar-refractivity contribution >= 4 is 17.6 Å². The van der Waals surface area contributed by atoms with Gasteiger partial charge < -0.3 is 15.5 Å². The SMILES string of the molecule is NC1=NC(c2ccc(Cl)cc2)CC(c2ccco2)N1. The van der Waals surface area contributed by atoms with Crippen LogP contribution in [0.1, 0.15) is 29.8 Å². The Morgan fingerprint density at radius 1 is 1.26 bits per heavy atom. The van der Waals surface area contributed by atoms with E-state index in [1.807, 2.05) is 36.4 Å². The second kappa shape index (κ2) is 4.97. The summed E-state index contributed by atoms with van der Waals surface area (Å²) in [6.07, 6.45) is 2.46. The maximum atomic E-state index is 5.90.